The van der Waals surface area contributed by atoms with Crippen molar-refractivity contribution in [3.05, 3.63) is 41.0 Å². The molecular weight excluding hydrogens is 390 g/mol. The zero-order valence-corrected chi connectivity index (χ0v) is 17.4. The SMILES string of the molecule is Cc1ccc(N2C(=O)Cc3c2nc(N)c2c(N)nc(N4CCCCC4)c(C#N)c32)cc1. The molecule has 2 aliphatic heterocycles. The van der Waals surface area contributed by atoms with E-state index in [-0.39, 0.29) is 24.0 Å². The zero-order chi connectivity index (χ0) is 21.7. The number of amides is 1. The molecule has 156 valence electrons. The average Bonchev–Trinajstić information content (AvgIpc) is 3.10. The summed E-state index contributed by atoms with van der Waals surface area (Å²) >= 11 is 0. The van der Waals surface area contributed by atoms with E-state index in [1.165, 1.54) is 0 Å². The number of fused-ring (bicyclic) bond motifs is 3. The first-order valence-electron chi connectivity index (χ1n) is 10.5. The number of nitrogens with two attached hydrogens (primary N) is 2. The number of aromatic nitrogens is 2. The molecule has 0 aliphatic carbocycles. The molecule has 31 heavy (non-hydrogen) atoms. The molecule has 1 saturated heterocycles. The number of rotatable bonds is 2. The Morgan fingerprint density at radius 2 is 1.61 bits per heavy atom. The van der Waals surface area contributed by atoms with E-state index in [0.29, 0.717) is 33.5 Å². The van der Waals surface area contributed by atoms with Crippen LogP contribution in [0.3, 0.4) is 0 Å². The van der Waals surface area contributed by atoms with Gasteiger partial charge in [0.2, 0.25) is 5.91 Å². The summed E-state index contributed by atoms with van der Waals surface area (Å²) in [6.45, 7) is 3.64. The number of aryl methyl sites for hydroxylation is 1. The fourth-order valence-corrected chi connectivity index (χ4v) is 4.60. The van der Waals surface area contributed by atoms with Crippen molar-refractivity contribution >= 4 is 45.6 Å². The fourth-order valence-electron chi connectivity index (χ4n) is 4.60. The van der Waals surface area contributed by atoms with Gasteiger partial charge in [0.1, 0.15) is 34.9 Å². The zero-order valence-electron chi connectivity index (χ0n) is 17.4. The second-order valence-corrected chi connectivity index (χ2v) is 8.15. The topological polar surface area (TPSA) is 125 Å². The van der Waals surface area contributed by atoms with E-state index in [1.807, 2.05) is 31.2 Å². The molecule has 0 saturated carbocycles. The van der Waals surface area contributed by atoms with E-state index in [0.717, 1.165) is 43.6 Å². The van der Waals surface area contributed by atoms with Crippen molar-refractivity contribution in [1.29, 1.82) is 5.26 Å². The average molecular weight is 413 g/mol. The van der Waals surface area contributed by atoms with Crippen LogP contribution in [0.2, 0.25) is 0 Å². The molecule has 2 aliphatic rings. The van der Waals surface area contributed by atoms with Crippen LogP contribution in [0.15, 0.2) is 24.3 Å². The third kappa shape index (κ3) is 2.93. The van der Waals surface area contributed by atoms with Crippen LogP contribution < -0.4 is 21.3 Å². The van der Waals surface area contributed by atoms with Gasteiger partial charge >= 0.3 is 0 Å². The van der Waals surface area contributed by atoms with E-state index in [1.54, 1.807) is 4.90 Å². The van der Waals surface area contributed by atoms with Crippen LogP contribution in [0.5, 0.6) is 0 Å². The lowest BCUT2D eigenvalue weighted by Crippen LogP contribution is -2.31. The predicted octanol–water partition coefficient (Wildman–Crippen LogP) is 3.19. The van der Waals surface area contributed by atoms with E-state index >= 15 is 0 Å². The monoisotopic (exact) mass is 413 g/mol. The summed E-state index contributed by atoms with van der Waals surface area (Å²) < 4.78 is 0. The number of carbonyl (C=O) groups is 1. The fraction of sp³-hybridized carbons (Fsp3) is 0.304. The van der Waals surface area contributed by atoms with Crippen molar-refractivity contribution in [2.24, 2.45) is 0 Å². The number of nitrogen functional groups attached to an aromatic ring is 2. The van der Waals surface area contributed by atoms with Crippen molar-refractivity contribution in [1.82, 2.24) is 9.97 Å². The number of nitriles is 1. The van der Waals surface area contributed by atoms with Crippen molar-refractivity contribution in [2.75, 3.05) is 34.4 Å². The Kier molecular flexibility index (Phi) is 4.40. The quantitative estimate of drug-likeness (QED) is 0.661. The van der Waals surface area contributed by atoms with E-state index < -0.39 is 0 Å². The number of benzene rings is 1. The lowest BCUT2D eigenvalue weighted by Gasteiger charge is -2.29. The molecule has 0 bridgehead atoms. The molecule has 0 atom stereocenters. The summed E-state index contributed by atoms with van der Waals surface area (Å²) in [6.07, 6.45) is 3.37. The Bertz CT molecular complexity index is 1250. The summed E-state index contributed by atoms with van der Waals surface area (Å²) in [4.78, 5) is 25.8. The maximum absolute atomic E-state index is 13.0. The van der Waals surface area contributed by atoms with Gasteiger partial charge in [0, 0.05) is 24.0 Å². The number of hydrogen-bond donors (Lipinski definition) is 2. The van der Waals surface area contributed by atoms with Gasteiger partial charge in [-0.1, -0.05) is 17.7 Å². The number of nitrogens with zero attached hydrogens (tertiary/aromatic N) is 5. The molecule has 8 heteroatoms. The highest BCUT2D eigenvalue weighted by atomic mass is 16.2. The molecule has 3 aromatic rings. The molecule has 1 aromatic carbocycles. The maximum atomic E-state index is 13.0. The van der Waals surface area contributed by atoms with Gasteiger partial charge in [-0.05, 0) is 38.3 Å². The molecule has 4 N–H and O–H groups in total. The number of anilines is 5. The van der Waals surface area contributed by atoms with Crippen LogP contribution in [0.1, 0.15) is 36.0 Å². The van der Waals surface area contributed by atoms with Crippen LogP contribution >= 0.6 is 0 Å². The molecular formula is C23H23N7O. The van der Waals surface area contributed by atoms with Gasteiger partial charge in [0.15, 0.2) is 0 Å². The first-order chi connectivity index (χ1) is 15.0. The van der Waals surface area contributed by atoms with Gasteiger partial charge in [-0.2, -0.15) is 5.26 Å². The highest BCUT2D eigenvalue weighted by Gasteiger charge is 2.35. The maximum Gasteiger partial charge on any atom is 0.237 e. The first-order valence-corrected chi connectivity index (χ1v) is 10.5. The molecule has 0 radical (unpaired) electrons. The van der Waals surface area contributed by atoms with Gasteiger partial charge < -0.3 is 16.4 Å². The Balaban J connectivity index is 1.78. The number of hydrogen-bond acceptors (Lipinski definition) is 7. The molecule has 2 aromatic heterocycles. The summed E-state index contributed by atoms with van der Waals surface area (Å²) in [5, 5.41) is 11.2. The van der Waals surface area contributed by atoms with E-state index in [4.69, 9.17) is 11.5 Å². The molecule has 0 unspecified atom stereocenters. The second-order valence-electron chi connectivity index (χ2n) is 8.15. The Hall–Kier alpha value is -3.86. The predicted molar refractivity (Wildman–Crippen MR) is 121 cm³/mol. The van der Waals surface area contributed by atoms with Crippen molar-refractivity contribution in [3.8, 4) is 6.07 Å². The summed E-state index contributed by atoms with van der Waals surface area (Å²) in [6, 6.07) is 9.99. The van der Waals surface area contributed by atoms with Crippen molar-refractivity contribution in [3.63, 3.8) is 0 Å². The third-order valence-corrected chi connectivity index (χ3v) is 6.11. The highest BCUT2D eigenvalue weighted by molar-refractivity contribution is 6.15. The third-order valence-electron chi connectivity index (χ3n) is 6.11. The standard InChI is InChI=1S/C23H23N7O/c1-13-5-7-14(8-6-13)30-17(31)11-15-18-16(12-24)22(29-9-3-2-4-10-29)27-20(25)19(18)21(26)28-23(15)30/h5-8H,2-4,9-11H2,1H3,(H2,25,27)(H2,26,28). The Labute approximate surface area is 180 Å². The molecule has 5 rings (SSSR count). The van der Waals surface area contributed by atoms with Gasteiger partial charge in [0.05, 0.1) is 17.5 Å². The minimum atomic E-state index is -0.114. The smallest absolute Gasteiger partial charge is 0.237 e. The first kappa shape index (κ1) is 19.1. The van der Waals surface area contributed by atoms with E-state index in [9.17, 15) is 10.1 Å². The number of pyridine rings is 2. The van der Waals surface area contributed by atoms with Gasteiger partial charge in [-0.3, -0.25) is 9.69 Å². The molecule has 4 heterocycles. The van der Waals surface area contributed by atoms with Crippen LogP contribution in [0.25, 0.3) is 10.8 Å². The van der Waals surface area contributed by atoms with Gasteiger partial charge in [-0.15, -0.1) is 0 Å². The number of piperidine rings is 1. The van der Waals surface area contributed by atoms with Crippen LogP contribution in [0, 0.1) is 18.3 Å². The normalized spacial score (nSPS) is 15.9. The van der Waals surface area contributed by atoms with Crippen LogP contribution in [-0.2, 0) is 11.2 Å². The highest BCUT2D eigenvalue weighted by Crippen LogP contribution is 2.44. The Morgan fingerprint density at radius 3 is 2.26 bits per heavy atom. The molecule has 1 fully saturated rings. The van der Waals surface area contributed by atoms with Gasteiger partial charge in [0.25, 0.3) is 0 Å². The lowest BCUT2D eigenvalue weighted by molar-refractivity contribution is -0.116. The van der Waals surface area contributed by atoms with Crippen molar-refractivity contribution in [2.45, 2.75) is 32.6 Å². The molecule has 8 nitrogen and oxygen atoms in total. The molecule has 0 spiro atoms. The molecule has 1 amide bonds. The summed E-state index contributed by atoms with van der Waals surface area (Å²) in [7, 11) is 0. The van der Waals surface area contributed by atoms with Crippen LogP contribution in [-0.4, -0.2) is 29.0 Å². The summed E-state index contributed by atoms with van der Waals surface area (Å²) in [5.74, 6) is 1.33. The summed E-state index contributed by atoms with van der Waals surface area (Å²) in [5.41, 5.74) is 15.5. The van der Waals surface area contributed by atoms with E-state index in [2.05, 4.69) is 20.9 Å². The Morgan fingerprint density at radius 1 is 0.968 bits per heavy atom. The minimum Gasteiger partial charge on any atom is -0.383 e. The number of carbonyl (C=O) groups excluding carboxylic acids is 1. The minimum absolute atomic E-state index is 0.114. The lowest BCUT2D eigenvalue weighted by atomic mass is 9.99. The van der Waals surface area contributed by atoms with Crippen LogP contribution in [0.4, 0.5) is 29.0 Å². The van der Waals surface area contributed by atoms with Crippen molar-refractivity contribution < 1.29 is 4.79 Å². The largest absolute Gasteiger partial charge is 0.383 e. The van der Waals surface area contributed by atoms with Gasteiger partial charge in [-0.25, -0.2) is 9.97 Å². The second kappa shape index (κ2) is 7.13.